The van der Waals surface area contributed by atoms with Crippen molar-refractivity contribution in [1.29, 1.82) is 0 Å². The zero-order chi connectivity index (χ0) is 16.8. The highest BCUT2D eigenvalue weighted by Crippen LogP contribution is 2.15. The molecule has 0 aliphatic carbocycles. The fourth-order valence-electron chi connectivity index (χ4n) is 2.59. The minimum Gasteiger partial charge on any atom is -0.494 e. The first-order chi connectivity index (χ1) is 11.0. The molecule has 5 nitrogen and oxygen atoms in total. The Kier molecular flexibility index (Phi) is 6.02. The summed E-state index contributed by atoms with van der Waals surface area (Å²) in [6, 6.07) is 7.28. The third-order valence-electron chi connectivity index (χ3n) is 3.95. The molecule has 0 radical (unpaired) electrons. The maximum absolute atomic E-state index is 12.5. The maximum Gasteiger partial charge on any atom is 0.253 e. The quantitative estimate of drug-likeness (QED) is 0.838. The fraction of sp³-hybridized carbons (Fsp3) is 0.556. The van der Waals surface area contributed by atoms with E-state index in [0.717, 1.165) is 12.2 Å². The minimum absolute atomic E-state index is 0.00733. The molecular weight excluding hydrogens is 292 g/mol. The number of benzene rings is 1. The van der Waals surface area contributed by atoms with Gasteiger partial charge in [0.05, 0.1) is 6.61 Å². The van der Waals surface area contributed by atoms with Gasteiger partial charge in [-0.15, -0.1) is 0 Å². The molecule has 2 rings (SSSR count). The third kappa shape index (κ3) is 4.47. The van der Waals surface area contributed by atoms with E-state index in [0.29, 0.717) is 38.3 Å². The van der Waals surface area contributed by atoms with Gasteiger partial charge in [-0.1, -0.05) is 20.8 Å². The van der Waals surface area contributed by atoms with Crippen LogP contribution in [0.15, 0.2) is 24.3 Å². The van der Waals surface area contributed by atoms with Crippen LogP contribution in [0.3, 0.4) is 0 Å². The van der Waals surface area contributed by atoms with Gasteiger partial charge in [-0.2, -0.15) is 0 Å². The van der Waals surface area contributed by atoms with Gasteiger partial charge in [-0.05, 0) is 30.7 Å². The lowest BCUT2D eigenvalue weighted by Gasteiger charge is -2.35. The molecule has 0 aromatic heterocycles. The average molecular weight is 318 g/mol. The SMILES string of the molecule is CCCOc1ccc(C(=O)N2CCN(C(=O)C(C)C)CC2)cc1. The highest BCUT2D eigenvalue weighted by Gasteiger charge is 2.25. The molecule has 0 saturated carbocycles. The van der Waals surface area contributed by atoms with E-state index < -0.39 is 0 Å². The highest BCUT2D eigenvalue weighted by atomic mass is 16.5. The summed E-state index contributed by atoms with van der Waals surface area (Å²) in [4.78, 5) is 28.1. The topological polar surface area (TPSA) is 49.9 Å². The van der Waals surface area contributed by atoms with E-state index in [4.69, 9.17) is 4.74 Å². The molecule has 23 heavy (non-hydrogen) atoms. The van der Waals surface area contributed by atoms with Crippen molar-refractivity contribution in [2.24, 2.45) is 5.92 Å². The molecule has 0 bridgehead atoms. The Morgan fingerprint density at radius 2 is 1.61 bits per heavy atom. The van der Waals surface area contributed by atoms with Crippen LogP contribution in [-0.2, 0) is 4.79 Å². The van der Waals surface area contributed by atoms with Gasteiger partial charge in [0.1, 0.15) is 5.75 Å². The van der Waals surface area contributed by atoms with Crippen molar-refractivity contribution in [2.45, 2.75) is 27.2 Å². The van der Waals surface area contributed by atoms with Crippen molar-refractivity contribution >= 4 is 11.8 Å². The van der Waals surface area contributed by atoms with Gasteiger partial charge in [0.2, 0.25) is 5.91 Å². The summed E-state index contributed by atoms with van der Waals surface area (Å²) in [5.74, 6) is 0.974. The molecule has 5 heteroatoms. The molecule has 1 aromatic carbocycles. The van der Waals surface area contributed by atoms with Crippen LogP contribution >= 0.6 is 0 Å². The molecule has 126 valence electrons. The number of amides is 2. The summed E-state index contributed by atoms with van der Waals surface area (Å²) in [6.07, 6.45) is 0.958. The lowest BCUT2D eigenvalue weighted by molar-refractivity contribution is -0.135. The number of hydrogen-bond acceptors (Lipinski definition) is 3. The van der Waals surface area contributed by atoms with Gasteiger partial charge < -0.3 is 14.5 Å². The van der Waals surface area contributed by atoms with Crippen molar-refractivity contribution in [3.8, 4) is 5.75 Å². The first-order valence-corrected chi connectivity index (χ1v) is 8.34. The van der Waals surface area contributed by atoms with Crippen molar-refractivity contribution in [3.63, 3.8) is 0 Å². The fourth-order valence-corrected chi connectivity index (χ4v) is 2.59. The van der Waals surface area contributed by atoms with Gasteiger partial charge >= 0.3 is 0 Å². The molecule has 1 fully saturated rings. The van der Waals surface area contributed by atoms with E-state index in [1.54, 1.807) is 12.1 Å². The minimum atomic E-state index is 0.00733. The van der Waals surface area contributed by atoms with E-state index in [1.807, 2.05) is 35.8 Å². The predicted octanol–water partition coefficient (Wildman–Crippen LogP) is 2.42. The van der Waals surface area contributed by atoms with Crippen molar-refractivity contribution in [3.05, 3.63) is 29.8 Å². The van der Waals surface area contributed by atoms with E-state index in [-0.39, 0.29) is 17.7 Å². The zero-order valence-corrected chi connectivity index (χ0v) is 14.2. The number of hydrogen-bond donors (Lipinski definition) is 0. The molecular formula is C18H26N2O3. The van der Waals surface area contributed by atoms with E-state index in [2.05, 4.69) is 6.92 Å². The second-order valence-corrected chi connectivity index (χ2v) is 6.15. The van der Waals surface area contributed by atoms with Crippen molar-refractivity contribution in [2.75, 3.05) is 32.8 Å². The summed E-state index contributed by atoms with van der Waals surface area (Å²) in [6.45, 7) is 8.95. The summed E-state index contributed by atoms with van der Waals surface area (Å²) < 4.78 is 5.53. The summed E-state index contributed by atoms with van der Waals surface area (Å²) in [5.41, 5.74) is 0.664. The molecule has 1 aromatic rings. The normalized spacial score (nSPS) is 15.0. The van der Waals surface area contributed by atoms with Crippen LogP contribution in [0.1, 0.15) is 37.6 Å². The molecule has 0 atom stereocenters. The standard InChI is InChI=1S/C18H26N2O3/c1-4-13-23-16-7-5-15(6-8-16)18(22)20-11-9-19(10-12-20)17(21)14(2)3/h5-8,14H,4,9-13H2,1-3H3. The Balaban J connectivity index is 1.90. The van der Waals surface area contributed by atoms with Crippen LogP contribution in [0.5, 0.6) is 5.75 Å². The Labute approximate surface area is 138 Å². The molecule has 1 saturated heterocycles. The van der Waals surface area contributed by atoms with E-state index in [1.165, 1.54) is 0 Å². The average Bonchev–Trinajstić information content (AvgIpc) is 2.59. The number of piperazine rings is 1. The Morgan fingerprint density at radius 1 is 1.04 bits per heavy atom. The van der Waals surface area contributed by atoms with E-state index in [9.17, 15) is 9.59 Å². The molecule has 0 spiro atoms. The molecule has 0 N–H and O–H groups in total. The maximum atomic E-state index is 12.5. The van der Waals surface area contributed by atoms with Crippen LogP contribution in [-0.4, -0.2) is 54.4 Å². The molecule has 2 amide bonds. The Bertz CT molecular complexity index is 532. The van der Waals surface area contributed by atoms with Crippen LogP contribution in [0.2, 0.25) is 0 Å². The summed E-state index contributed by atoms with van der Waals surface area (Å²) >= 11 is 0. The van der Waals surface area contributed by atoms with Crippen LogP contribution < -0.4 is 4.74 Å². The molecule has 1 aliphatic rings. The van der Waals surface area contributed by atoms with Gasteiger partial charge in [-0.3, -0.25) is 9.59 Å². The van der Waals surface area contributed by atoms with Crippen LogP contribution in [0.4, 0.5) is 0 Å². The number of ether oxygens (including phenoxy) is 1. The number of nitrogens with zero attached hydrogens (tertiary/aromatic N) is 2. The van der Waals surface area contributed by atoms with Crippen LogP contribution in [0, 0.1) is 5.92 Å². The van der Waals surface area contributed by atoms with E-state index >= 15 is 0 Å². The van der Waals surface area contributed by atoms with Crippen LogP contribution in [0.25, 0.3) is 0 Å². The highest BCUT2D eigenvalue weighted by molar-refractivity contribution is 5.94. The Hall–Kier alpha value is -2.04. The number of carbonyl (C=O) groups excluding carboxylic acids is 2. The van der Waals surface area contributed by atoms with Crippen molar-refractivity contribution < 1.29 is 14.3 Å². The van der Waals surface area contributed by atoms with Crippen molar-refractivity contribution in [1.82, 2.24) is 9.80 Å². The predicted molar refractivity (Wildman–Crippen MR) is 89.5 cm³/mol. The lowest BCUT2D eigenvalue weighted by atomic mass is 10.1. The number of carbonyl (C=O) groups is 2. The lowest BCUT2D eigenvalue weighted by Crippen LogP contribution is -2.51. The summed E-state index contributed by atoms with van der Waals surface area (Å²) in [5, 5.41) is 0. The van der Waals surface area contributed by atoms with Gasteiger partial charge in [0.25, 0.3) is 5.91 Å². The van der Waals surface area contributed by atoms with Gasteiger partial charge in [0, 0.05) is 37.7 Å². The van der Waals surface area contributed by atoms with Gasteiger partial charge in [0.15, 0.2) is 0 Å². The Morgan fingerprint density at radius 3 is 2.13 bits per heavy atom. The third-order valence-corrected chi connectivity index (χ3v) is 3.95. The second kappa shape index (κ2) is 7.99. The first kappa shape index (κ1) is 17.3. The zero-order valence-electron chi connectivity index (χ0n) is 14.2. The molecule has 1 aliphatic heterocycles. The molecule has 1 heterocycles. The molecule has 0 unspecified atom stereocenters. The summed E-state index contributed by atoms with van der Waals surface area (Å²) in [7, 11) is 0. The first-order valence-electron chi connectivity index (χ1n) is 8.34. The largest absolute Gasteiger partial charge is 0.494 e. The monoisotopic (exact) mass is 318 g/mol. The smallest absolute Gasteiger partial charge is 0.253 e. The number of rotatable bonds is 5. The van der Waals surface area contributed by atoms with Gasteiger partial charge in [-0.25, -0.2) is 0 Å². The second-order valence-electron chi connectivity index (χ2n) is 6.15.